The molecule has 1 aromatic carbocycles. The largest absolute Gasteiger partial charge is 0.357 e. The standard InChI is InChI=1S/C16H25ClN4/c1-3-18-16(20-11-14-8-9-21(2)12-14)19-10-13-4-6-15(17)7-5-13/h4-7,14H,3,8-12H2,1-2H3,(H2,18,19,20). The summed E-state index contributed by atoms with van der Waals surface area (Å²) in [6.45, 7) is 6.97. The van der Waals surface area contributed by atoms with Gasteiger partial charge in [0.05, 0.1) is 6.54 Å². The summed E-state index contributed by atoms with van der Waals surface area (Å²) in [6, 6.07) is 7.84. The molecule has 2 rings (SSSR count). The highest BCUT2D eigenvalue weighted by atomic mass is 35.5. The van der Waals surface area contributed by atoms with Gasteiger partial charge in [0.15, 0.2) is 5.96 Å². The van der Waals surface area contributed by atoms with E-state index in [0.29, 0.717) is 6.54 Å². The van der Waals surface area contributed by atoms with E-state index >= 15 is 0 Å². The van der Waals surface area contributed by atoms with Crippen molar-refractivity contribution in [2.24, 2.45) is 10.9 Å². The average Bonchev–Trinajstić information content (AvgIpc) is 2.89. The molecule has 1 atom stereocenters. The molecule has 2 N–H and O–H groups in total. The van der Waals surface area contributed by atoms with Crippen molar-refractivity contribution in [3.05, 3.63) is 34.9 Å². The van der Waals surface area contributed by atoms with Crippen LogP contribution in [-0.4, -0.2) is 44.1 Å². The first kappa shape index (κ1) is 16.1. The Hall–Kier alpha value is -1.26. The third-order valence-electron chi connectivity index (χ3n) is 3.72. The van der Waals surface area contributed by atoms with Crippen molar-refractivity contribution in [1.82, 2.24) is 15.5 Å². The second kappa shape index (κ2) is 8.25. The molecule has 4 nitrogen and oxygen atoms in total. The minimum absolute atomic E-state index is 0.664. The van der Waals surface area contributed by atoms with Crippen molar-refractivity contribution < 1.29 is 0 Å². The molecule has 5 heteroatoms. The molecular formula is C16H25ClN4. The van der Waals surface area contributed by atoms with Gasteiger partial charge in [-0.05, 0) is 50.6 Å². The summed E-state index contributed by atoms with van der Waals surface area (Å²) in [5.41, 5.74) is 1.16. The fourth-order valence-electron chi connectivity index (χ4n) is 2.54. The Morgan fingerprint density at radius 2 is 2.10 bits per heavy atom. The molecule has 0 aliphatic carbocycles. The highest BCUT2D eigenvalue weighted by molar-refractivity contribution is 6.30. The summed E-state index contributed by atoms with van der Waals surface area (Å²) in [5, 5.41) is 7.51. The maximum atomic E-state index is 5.89. The van der Waals surface area contributed by atoms with Crippen molar-refractivity contribution in [3.63, 3.8) is 0 Å². The molecule has 0 bridgehead atoms. The van der Waals surface area contributed by atoms with Gasteiger partial charge in [-0.15, -0.1) is 0 Å². The Kier molecular flexibility index (Phi) is 6.33. The van der Waals surface area contributed by atoms with Crippen LogP contribution in [0.1, 0.15) is 18.9 Å². The van der Waals surface area contributed by atoms with Crippen LogP contribution in [0.15, 0.2) is 29.3 Å². The summed E-state index contributed by atoms with van der Waals surface area (Å²) in [5.74, 6) is 1.61. The van der Waals surface area contributed by atoms with E-state index in [2.05, 4.69) is 34.5 Å². The van der Waals surface area contributed by atoms with Crippen molar-refractivity contribution in [2.75, 3.05) is 33.2 Å². The summed E-state index contributed by atoms with van der Waals surface area (Å²) >= 11 is 5.89. The summed E-state index contributed by atoms with van der Waals surface area (Å²) < 4.78 is 0. The lowest BCUT2D eigenvalue weighted by Crippen LogP contribution is -2.40. The Morgan fingerprint density at radius 1 is 1.33 bits per heavy atom. The number of aliphatic imine (C=N–C) groups is 1. The number of nitrogens with zero attached hydrogens (tertiary/aromatic N) is 2. The number of guanidine groups is 1. The molecular weight excluding hydrogens is 284 g/mol. The van der Waals surface area contributed by atoms with Crippen LogP contribution in [0.4, 0.5) is 0 Å². The molecule has 1 aliphatic rings. The van der Waals surface area contributed by atoms with Gasteiger partial charge in [0.25, 0.3) is 0 Å². The lowest BCUT2D eigenvalue weighted by atomic mass is 10.1. The van der Waals surface area contributed by atoms with Crippen LogP contribution in [0.2, 0.25) is 5.02 Å². The highest BCUT2D eigenvalue weighted by Crippen LogP contribution is 2.13. The Bertz CT molecular complexity index is 458. The van der Waals surface area contributed by atoms with E-state index in [1.165, 1.54) is 19.5 Å². The monoisotopic (exact) mass is 308 g/mol. The topological polar surface area (TPSA) is 39.7 Å². The first-order valence-corrected chi connectivity index (χ1v) is 8.00. The highest BCUT2D eigenvalue weighted by Gasteiger charge is 2.19. The van der Waals surface area contributed by atoms with Gasteiger partial charge in [0.1, 0.15) is 0 Å². The number of hydrogen-bond donors (Lipinski definition) is 2. The van der Waals surface area contributed by atoms with Gasteiger partial charge < -0.3 is 15.5 Å². The molecule has 0 amide bonds. The second-order valence-corrected chi connectivity index (χ2v) is 6.06. The molecule has 1 fully saturated rings. The van der Waals surface area contributed by atoms with E-state index in [1.54, 1.807) is 0 Å². The van der Waals surface area contributed by atoms with Crippen molar-refractivity contribution >= 4 is 17.6 Å². The summed E-state index contributed by atoms with van der Waals surface area (Å²) in [7, 11) is 2.18. The van der Waals surface area contributed by atoms with E-state index in [-0.39, 0.29) is 0 Å². The number of rotatable bonds is 5. The third-order valence-corrected chi connectivity index (χ3v) is 3.98. The normalized spacial score (nSPS) is 19.8. The first-order chi connectivity index (χ1) is 10.2. The van der Waals surface area contributed by atoms with Crippen LogP contribution in [0.5, 0.6) is 0 Å². The lowest BCUT2D eigenvalue weighted by Gasteiger charge is -2.15. The molecule has 1 aliphatic heterocycles. The summed E-state index contributed by atoms with van der Waals surface area (Å²) in [6.07, 6.45) is 1.26. The Labute approximate surface area is 132 Å². The van der Waals surface area contributed by atoms with Crippen LogP contribution in [0.25, 0.3) is 0 Å². The molecule has 1 saturated heterocycles. The van der Waals surface area contributed by atoms with Crippen LogP contribution >= 0.6 is 11.6 Å². The van der Waals surface area contributed by atoms with Gasteiger partial charge >= 0.3 is 0 Å². The number of nitrogens with one attached hydrogen (secondary N) is 2. The molecule has 116 valence electrons. The zero-order chi connectivity index (χ0) is 15.1. The van der Waals surface area contributed by atoms with E-state index in [4.69, 9.17) is 11.6 Å². The van der Waals surface area contributed by atoms with E-state index in [9.17, 15) is 0 Å². The molecule has 21 heavy (non-hydrogen) atoms. The number of halogens is 1. The molecule has 1 aromatic rings. The SMILES string of the molecule is CCNC(=NCc1ccc(Cl)cc1)NCC1CCN(C)C1. The Morgan fingerprint density at radius 3 is 2.71 bits per heavy atom. The Balaban J connectivity index is 1.85. The first-order valence-electron chi connectivity index (χ1n) is 7.62. The predicted octanol–water partition coefficient (Wildman–Crippen LogP) is 2.35. The van der Waals surface area contributed by atoms with E-state index in [0.717, 1.165) is 35.6 Å². The maximum Gasteiger partial charge on any atom is 0.191 e. The number of benzene rings is 1. The fourth-order valence-corrected chi connectivity index (χ4v) is 2.66. The van der Waals surface area contributed by atoms with Crippen LogP contribution in [0, 0.1) is 5.92 Å². The fraction of sp³-hybridized carbons (Fsp3) is 0.562. The minimum atomic E-state index is 0.664. The number of hydrogen-bond acceptors (Lipinski definition) is 2. The van der Waals surface area contributed by atoms with Gasteiger partial charge in [-0.1, -0.05) is 23.7 Å². The third kappa shape index (κ3) is 5.56. The minimum Gasteiger partial charge on any atom is -0.357 e. The van der Waals surface area contributed by atoms with Gasteiger partial charge in [0.2, 0.25) is 0 Å². The van der Waals surface area contributed by atoms with Crippen molar-refractivity contribution in [3.8, 4) is 0 Å². The maximum absolute atomic E-state index is 5.89. The van der Waals surface area contributed by atoms with Crippen LogP contribution < -0.4 is 10.6 Å². The second-order valence-electron chi connectivity index (χ2n) is 5.62. The predicted molar refractivity (Wildman–Crippen MR) is 89.9 cm³/mol. The molecule has 0 spiro atoms. The molecule has 1 unspecified atom stereocenters. The van der Waals surface area contributed by atoms with E-state index < -0.39 is 0 Å². The average molecular weight is 309 g/mol. The summed E-state index contributed by atoms with van der Waals surface area (Å²) in [4.78, 5) is 7.01. The van der Waals surface area contributed by atoms with Gasteiger partial charge in [0, 0.05) is 24.7 Å². The van der Waals surface area contributed by atoms with Gasteiger partial charge in [-0.2, -0.15) is 0 Å². The molecule has 0 saturated carbocycles. The molecule has 0 radical (unpaired) electrons. The number of likely N-dealkylation sites (tertiary alicyclic amines) is 1. The zero-order valence-electron chi connectivity index (χ0n) is 12.9. The van der Waals surface area contributed by atoms with Crippen LogP contribution in [-0.2, 0) is 6.54 Å². The van der Waals surface area contributed by atoms with Crippen LogP contribution in [0.3, 0.4) is 0 Å². The van der Waals surface area contributed by atoms with Crippen molar-refractivity contribution in [2.45, 2.75) is 19.9 Å². The smallest absolute Gasteiger partial charge is 0.191 e. The van der Waals surface area contributed by atoms with Crippen molar-refractivity contribution in [1.29, 1.82) is 0 Å². The molecule has 1 heterocycles. The quantitative estimate of drug-likeness (QED) is 0.648. The van der Waals surface area contributed by atoms with E-state index in [1.807, 2.05) is 24.3 Å². The molecule has 0 aromatic heterocycles. The zero-order valence-corrected chi connectivity index (χ0v) is 13.7. The van der Waals surface area contributed by atoms with Gasteiger partial charge in [-0.25, -0.2) is 4.99 Å². The lowest BCUT2D eigenvalue weighted by molar-refractivity contribution is 0.394. The van der Waals surface area contributed by atoms with Gasteiger partial charge in [-0.3, -0.25) is 0 Å².